The lowest BCUT2D eigenvalue weighted by molar-refractivity contribution is -0.387. The molecule has 0 bridgehead atoms. The van der Waals surface area contributed by atoms with Gasteiger partial charge in [-0.15, -0.1) is 0 Å². The molecule has 0 aliphatic rings. The molecule has 1 aromatic rings. The Morgan fingerprint density at radius 2 is 2.12 bits per heavy atom. The number of likely N-dealkylation sites (N-methyl/N-ethyl adjacent to an activating group) is 1. The van der Waals surface area contributed by atoms with Crippen LogP contribution in [0.5, 0.6) is 0 Å². The number of nitrogens with zero attached hydrogens (tertiary/aromatic N) is 1. The number of halogens is 2. The molecule has 0 atom stereocenters. The van der Waals surface area contributed by atoms with Crippen LogP contribution in [-0.4, -0.2) is 18.5 Å². The van der Waals surface area contributed by atoms with Crippen LogP contribution in [0.2, 0.25) is 0 Å². The van der Waals surface area contributed by atoms with Crippen LogP contribution < -0.4 is 5.32 Å². The van der Waals surface area contributed by atoms with Crippen LogP contribution in [-0.2, 0) is 0 Å². The highest BCUT2D eigenvalue weighted by Crippen LogP contribution is 2.22. The molecule has 0 aliphatic carbocycles. The summed E-state index contributed by atoms with van der Waals surface area (Å²) in [4.78, 5) is 9.36. The molecule has 0 saturated heterocycles. The lowest BCUT2D eigenvalue weighted by atomic mass is 10.1. The van der Waals surface area contributed by atoms with Crippen LogP contribution in [0.1, 0.15) is 5.56 Å². The van der Waals surface area contributed by atoms with Gasteiger partial charge in [0.25, 0.3) is 0 Å². The van der Waals surface area contributed by atoms with Gasteiger partial charge in [0.1, 0.15) is 5.82 Å². The smallest absolute Gasteiger partial charge is 0.307 e. The second-order valence-electron chi connectivity index (χ2n) is 3.04. The fourth-order valence-electron chi connectivity index (χ4n) is 1.12. The van der Waals surface area contributed by atoms with Crippen molar-refractivity contribution < 1.29 is 13.7 Å². The molecule has 0 aliphatic heterocycles. The van der Waals surface area contributed by atoms with E-state index in [4.69, 9.17) is 0 Å². The first-order chi connectivity index (χ1) is 7.56. The monoisotopic (exact) mass is 228 g/mol. The van der Waals surface area contributed by atoms with Crippen molar-refractivity contribution in [2.24, 2.45) is 0 Å². The standard InChI is InChI=1S/C10H10F2N2O2/c1-13-4-2-3-7-5-9(12)10(14(15)16)6-8(7)11/h2-3,5-6,13H,4H2,1H3. The van der Waals surface area contributed by atoms with Gasteiger partial charge in [0.05, 0.1) is 11.0 Å². The zero-order valence-corrected chi connectivity index (χ0v) is 8.54. The summed E-state index contributed by atoms with van der Waals surface area (Å²) < 4.78 is 26.4. The first kappa shape index (κ1) is 12.3. The van der Waals surface area contributed by atoms with Gasteiger partial charge < -0.3 is 5.32 Å². The van der Waals surface area contributed by atoms with E-state index in [1.807, 2.05) is 0 Å². The Morgan fingerprint density at radius 3 is 2.69 bits per heavy atom. The quantitative estimate of drug-likeness (QED) is 0.634. The SMILES string of the molecule is CNCC=Cc1cc(F)c([N+](=O)[O-])cc1F. The molecule has 0 heterocycles. The van der Waals surface area contributed by atoms with Crippen molar-refractivity contribution in [3.63, 3.8) is 0 Å². The molecule has 0 spiro atoms. The fraction of sp³-hybridized carbons (Fsp3) is 0.200. The van der Waals surface area contributed by atoms with E-state index in [1.54, 1.807) is 13.1 Å². The van der Waals surface area contributed by atoms with Gasteiger partial charge >= 0.3 is 5.69 Å². The van der Waals surface area contributed by atoms with Crippen LogP contribution in [0.15, 0.2) is 18.2 Å². The summed E-state index contributed by atoms with van der Waals surface area (Å²) in [5, 5.41) is 13.1. The Kier molecular flexibility index (Phi) is 4.07. The summed E-state index contributed by atoms with van der Waals surface area (Å²) in [6.45, 7) is 0.498. The summed E-state index contributed by atoms with van der Waals surface area (Å²) in [7, 11) is 1.71. The Hall–Kier alpha value is -1.82. The van der Waals surface area contributed by atoms with Crippen molar-refractivity contribution in [2.75, 3.05) is 13.6 Å². The molecular formula is C10H10F2N2O2. The molecule has 0 fully saturated rings. The molecule has 0 amide bonds. The van der Waals surface area contributed by atoms with Crippen molar-refractivity contribution in [3.8, 4) is 0 Å². The lowest BCUT2D eigenvalue weighted by Gasteiger charge is -1.99. The summed E-state index contributed by atoms with van der Waals surface area (Å²) >= 11 is 0. The molecular weight excluding hydrogens is 218 g/mol. The molecule has 0 aromatic heterocycles. The summed E-state index contributed by atoms with van der Waals surface area (Å²) in [6, 6.07) is 1.38. The molecule has 1 rings (SSSR count). The predicted molar refractivity (Wildman–Crippen MR) is 56.0 cm³/mol. The molecule has 0 saturated carbocycles. The van der Waals surface area contributed by atoms with Gasteiger partial charge in [-0.3, -0.25) is 10.1 Å². The topological polar surface area (TPSA) is 55.2 Å². The zero-order valence-electron chi connectivity index (χ0n) is 8.54. The van der Waals surface area contributed by atoms with Crippen molar-refractivity contribution in [3.05, 3.63) is 45.5 Å². The van der Waals surface area contributed by atoms with Crippen molar-refractivity contribution in [1.82, 2.24) is 5.32 Å². The van der Waals surface area contributed by atoms with Gasteiger partial charge in [0, 0.05) is 12.1 Å². The Balaban J connectivity index is 3.05. The number of rotatable bonds is 4. The van der Waals surface area contributed by atoms with Crippen LogP contribution in [0.4, 0.5) is 14.5 Å². The van der Waals surface area contributed by atoms with Crippen molar-refractivity contribution in [2.45, 2.75) is 0 Å². The zero-order chi connectivity index (χ0) is 12.1. The summed E-state index contributed by atoms with van der Waals surface area (Å²) in [6.07, 6.45) is 2.95. The molecule has 4 nitrogen and oxygen atoms in total. The van der Waals surface area contributed by atoms with Gasteiger partial charge in [0.15, 0.2) is 0 Å². The molecule has 0 unspecified atom stereocenters. The van der Waals surface area contributed by atoms with Gasteiger partial charge in [-0.1, -0.05) is 12.2 Å². The average molecular weight is 228 g/mol. The van der Waals surface area contributed by atoms with Crippen LogP contribution >= 0.6 is 0 Å². The number of nitrogens with one attached hydrogen (secondary N) is 1. The van der Waals surface area contributed by atoms with Gasteiger partial charge in [-0.05, 0) is 13.1 Å². The minimum absolute atomic E-state index is 0.0154. The van der Waals surface area contributed by atoms with E-state index < -0.39 is 22.2 Å². The van der Waals surface area contributed by atoms with E-state index >= 15 is 0 Å². The summed E-state index contributed by atoms with van der Waals surface area (Å²) in [5.41, 5.74) is -0.874. The maximum atomic E-state index is 13.3. The lowest BCUT2D eigenvalue weighted by Crippen LogP contribution is -2.03. The van der Waals surface area contributed by atoms with E-state index in [2.05, 4.69) is 5.32 Å². The van der Waals surface area contributed by atoms with Crippen LogP contribution in [0.3, 0.4) is 0 Å². The van der Waals surface area contributed by atoms with Crippen LogP contribution in [0.25, 0.3) is 6.08 Å². The third kappa shape index (κ3) is 2.83. The van der Waals surface area contributed by atoms with E-state index in [9.17, 15) is 18.9 Å². The van der Waals surface area contributed by atoms with Crippen molar-refractivity contribution in [1.29, 1.82) is 0 Å². The Bertz CT molecular complexity index is 433. The van der Waals surface area contributed by atoms with Crippen molar-refractivity contribution >= 4 is 11.8 Å². The number of hydrogen-bond acceptors (Lipinski definition) is 3. The summed E-state index contributed by atoms with van der Waals surface area (Å²) in [5.74, 6) is -1.86. The number of nitro groups is 1. The first-order valence-electron chi connectivity index (χ1n) is 4.51. The van der Waals surface area contributed by atoms with E-state index in [0.29, 0.717) is 12.6 Å². The van der Waals surface area contributed by atoms with Crippen LogP contribution in [0, 0.1) is 21.7 Å². The van der Waals surface area contributed by atoms with Gasteiger partial charge in [0.2, 0.25) is 5.82 Å². The first-order valence-corrected chi connectivity index (χ1v) is 4.51. The number of nitro benzene ring substituents is 1. The van der Waals surface area contributed by atoms with Gasteiger partial charge in [-0.2, -0.15) is 4.39 Å². The average Bonchev–Trinajstić information content (AvgIpc) is 2.22. The minimum Gasteiger partial charge on any atom is -0.316 e. The van der Waals surface area contributed by atoms with Gasteiger partial charge in [-0.25, -0.2) is 4.39 Å². The molecule has 16 heavy (non-hydrogen) atoms. The maximum absolute atomic E-state index is 13.3. The molecule has 1 aromatic carbocycles. The number of benzene rings is 1. The molecule has 86 valence electrons. The molecule has 1 N–H and O–H groups in total. The minimum atomic E-state index is -1.05. The highest BCUT2D eigenvalue weighted by molar-refractivity contribution is 5.53. The highest BCUT2D eigenvalue weighted by Gasteiger charge is 2.17. The predicted octanol–water partition coefficient (Wildman–Crippen LogP) is 2.11. The van der Waals surface area contributed by atoms with E-state index in [-0.39, 0.29) is 5.56 Å². The largest absolute Gasteiger partial charge is 0.316 e. The second-order valence-corrected chi connectivity index (χ2v) is 3.04. The normalized spacial score (nSPS) is 10.9. The Morgan fingerprint density at radius 1 is 1.44 bits per heavy atom. The van der Waals surface area contributed by atoms with E-state index in [1.165, 1.54) is 6.08 Å². The second kappa shape index (κ2) is 5.32. The molecule has 0 radical (unpaired) electrons. The number of hydrogen-bond donors (Lipinski definition) is 1. The van der Waals surface area contributed by atoms with E-state index in [0.717, 1.165) is 6.07 Å². The fourth-order valence-corrected chi connectivity index (χ4v) is 1.12. The highest BCUT2D eigenvalue weighted by atomic mass is 19.1. The third-order valence-electron chi connectivity index (χ3n) is 1.88. The maximum Gasteiger partial charge on any atom is 0.307 e. The molecule has 6 heteroatoms. The Labute approximate surface area is 90.7 Å². The third-order valence-corrected chi connectivity index (χ3v) is 1.88.